The Bertz CT molecular complexity index is 408. The van der Waals surface area contributed by atoms with Crippen molar-refractivity contribution in [3.63, 3.8) is 0 Å². The van der Waals surface area contributed by atoms with Crippen molar-refractivity contribution in [1.29, 1.82) is 0 Å². The van der Waals surface area contributed by atoms with E-state index in [1.54, 1.807) is 0 Å². The summed E-state index contributed by atoms with van der Waals surface area (Å²) in [7, 11) is 0. The van der Waals surface area contributed by atoms with E-state index in [2.05, 4.69) is 10.8 Å². The van der Waals surface area contributed by atoms with Crippen LogP contribution in [0.3, 0.4) is 0 Å². The highest BCUT2D eigenvalue weighted by Gasteiger charge is 2.12. The molecule has 0 aliphatic rings. The number of carbonyl (C=O) groups is 2. The molecule has 0 saturated carbocycles. The van der Waals surface area contributed by atoms with Crippen LogP contribution in [-0.4, -0.2) is 30.8 Å². The Kier molecular flexibility index (Phi) is 17.9. The van der Waals surface area contributed by atoms with E-state index in [-0.39, 0.29) is 17.6 Å². The van der Waals surface area contributed by atoms with E-state index >= 15 is 0 Å². The van der Waals surface area contributed by atoms with Crippen LogP contribution in [0, 0.1) is 0 Å². The van der Waals surface area contributed by atoms with Gasteiger partial charge in [-0.05, 0) is 33.6 Å². The predicted octanol–water partition coefficient (Wildman–Crippen LogP) is 6.04. The van der Waals surface area contributed by atoms with E-state index in [9.17, 15) is 9.59 Å². The molecule has 0 radical (unpaired) electrons. The monoisotopic (exact) mass is 414 g/mol. The highest BCUT2D eigenvalue weighted by molar-refractivity contribution is 5.72. The van der Waals surface area contributed by atoms with Crippen LogP contribution in [-0.2, 0) is 14.4 Å². The van der Waals surface area contributed by atoms with Gasteiger partial charge in [-0.1, -0.05) is 77.0 Å². The summed E-state index contributed by atoms with van der Waals surface area (Å²) in [6.07, 6.45) is 17.5. The van der Waals surface area contributed by atoms with E-state index in [1.807, 2.05) is 20.8 Å². The maximum Gasteiger partial charge on any atom is 0.338 e. The minimum Gasteiger partial charge on any atom is -0.466 e. The number of hydrogen-bond acceptors (Lipinski definition) is 4. The highest BCUT2D eigenvalue weighted by Crippen LogP contribution is 2.13. The zero-order chi connectivity index (χ0) is 21.8. The molecule has 0 saturated heterocycles. The van der Waals surface area contributed by atoms with Crippen LogP contribution in [0.2, 0.25) is 0 Å². The number of carbonyl (C=O) groups excluding carboxylic acids is 2. The molecule has 6 nitrogen and oxygen atoms in total. The second-order valence-corrected chi connectivity index (χ2v) is 8.86. The molecule has 0 aromatic heterocycles. The van der Waals surface area contributed by atoms with Crippen LogP contribution in [0.5, 0.6) is 0 Å². The van der Waals surface area contributed by atoms with Crippen molar-refractivity contribution in [2.24, 2.45) is 0 Å². The van der Waals surface area contributed by atoms with Crippen LogP contribution in [0.4, 0.5) is 4.79 Å². The van der Waals surface area contributed by atoms with Gasteiger partial charge in [0.15, 0.2) is 0 Å². The molecule has 6 heteroatoms. The van der Waals surface area contributed by atoms with Crippen molar-refractivity contribution in [3.05, 3.63) is 0 Å². The minimum atomic E-state index is -0.370. The Balaban J connectivity index is 3.15. The average Bonchev–Trinajstić information content (AvgIpc) is 2.64. The van der Waals surface area contributed by atoms with E-state index in [0.29, 0.717) is 13.2 Å². The first-order valence-corrected chi connectivity index (χ1v) is 11.7. The molecule has 0 aromatic rings. The number of amides is 2. The Morgan fingerprint density at radius 3 is 1.52 bits per heavy atom. The van der Waals surface area contributed by atoms with Crippen molar-refractivity contribution in [2.75, 3.05) is 13.2 Å². The second-order valence-electron chi connectivity index (χ2n) is 8.86. The average molecular weight is 415 g/mol. The van der Waals surface area contributed by atoms with Crippen LogP contribution < -0.4 is 10.8 Å². The first-order chi connectivity index (χ1) is 13.8. The molecule has 0 aliphatic heterocycles. The molecule has 0 rings (SSSR count). The highest BCUT2D eigenvalue weighted by atomic mass is 16.7. The summed E-state index contributed by atoms with van der Waals surface area (Å²) in [5, 5.41) is 2.81. The topological polar surface area (TPSA) is 76.7 Å². The summed E-state index contributed by atoms with van der Waals surface area (Å²) in [6, 6.07) is -0.262. The van der Waals surface area contributed by atoms with Gasteiger partial charge in [-0.2, -0.15) is 0 Å². The lowest BCUT2D eigenvalue weighted by Gasteiger charge is -2.19. The van der Waals surface area contributed by atoms with Gasteiger partial charge in [-0.25, -0.2) is 10.3 Å². The molecule has 0 atom stereocenters. The largest absolute Gasteiger partial charge is 0.466 e. The van der Waals surface area contributed by atoms with Gasteiger partial charge in [-0.3, -0.25) is 9.63 Å². The van der Waals surface area contributed by atoms with E-state index in [1.165, 1.54) is 71.1 Å². The number of ether oxygens (including phenoxy) is 1. The van der Waals surface area contributed by atoms with Gasteiger partial charge in [0.05, 0.1) is 12.2 Å². The molecule has 0 aliphatic carbocycles. The number of nitrogens with one attached hydrogen (secondary N) is 2. The molecule has 0 aromatic carbocycles. The minimum absolute atomic E-state index is 0.173. The van der Waals surface area contributed by atoms with Crippen molar-refractivity contribution >= 4 is 12.0 Å². The summed E-state index contributed by atoms with van der Waals surface area (Å²) in [5.41, 5.74) is 2.04. The fourth-order valence-corrected chi connectivity index (χ4v) is 3.00. The molecule has 2 N–H and O–H groups in total. The van der Waals surface area contributed by atoms with Gasteiger partial charge in [0.25, 0.3) is 0 Å². The smallest absolute Gasteiger partial charge is 0.338 e. The summed E-state index contributed by atoms with van der Waals surface area (Å²) in [4.78, 5) is 27.3. The van der Waals surface area contributed by atoms with E-state index in [4.69, 9.17) is 9.57 Å². The lowest BCUT2D eigenvalue weighted by Crippen LogP contribution is -2.40. The normalized spacial score (nSPS) is 11.3. The third-order valence-electron chi connectivity index (χ3n) is 4.61. The number of rotatable bonds is 18. The van der Waals surface area contributed by atoms with Gasteiger partial charge in [-0.15, -0.1) is 0 Å². The molecule has 0 bridgehead atoms. The molecule has 2 amide bonds. The Hall–Kier alpha value is -1.30. The number of urea groups is 1. The van der Waals surface area contributed by atoms with Gasteiger partial charge >= 0.3 is 12.0 Å². The first kappa shape index (κ1) is 27.7. The van der Waals surface area contributed by atoms with Crippen molar-refractivity contribution in [1.82, 2.24) is 10.8 Å². The summed E-state index contributed by atoms with van der Waals surface area (Å²) in [5.74, 6) is -0.173. The van der Waals surface area contributed by atoms with Gasteiger partial charge in [0.2, 0.25) is 0 Å². The molecule has 172 valence electrons. The summed E-state index contributed by atoms with van der Waals surface area (Å²) >= 11 is 0. The summed E-state index contributed by atoms with van der Waals surface area (Å²) < 4.78 is 4.93. The Morgan fingerprint density at radius 2 is 1.10 bits per heavy atom. The van der Waals surface area contributed by atoms with Crippen LogP contribution in [0.25, 0.3) is 0 Å². The third kappa shape index (κ3) is 24.7. The Morgan fingerprint density at radius 1 is 0.690 bits per heavy atom. The molecule has 0 fully saturated rings. The third-order valence-corrected chi connectivity index (χ3v) is 4.61. The standard InChI is InChI=1S/C23H46N2O4/c1-21(26)28-20-18-16-14-12-10-8-6-5-7-9-11-13-15-17-19-24-22(27)25-29-23(2,3)4/h5-20H2,1-4H3,(H2,24,25,27). The molecular weight excluding hydrogens is 368 g/mol. The zero-order valence-electron chi connectivity index (χ0n) is 19.4. The summed E-state index contributed by atoms with van der Waals surface area (Å²) in [6.45, 7) is 8.42. The van der Waals surface area contributed by atoms with E-state index < -0.39 is 0 Å². The Labute approximate surface area is 178 Å². The quantitative estimate of drug-likeness (QED) is 0.163. The SMILES string of the molecule is CC(=O)OCCCCCCCCCCCCCCCCNC(=O)NOC(C)(C)C. The predicted molar refractivity (Wildman–Crippen MR) is 119 cm³/mol. The number of hydroxylamine groups is 1. The van der Waals surface area contributed by atoms with Crippen LogP contribution >= 0.6 is 0 Å². The van der Waals surface area contributed by atoms with Crippen molar-refractivity contribution in [2.45, 2.75) is 123 Å². The van der Waals surface area contributed by atoms with E-state index in [0.717, 1.165) is 25.7 Å². The second kappa shape index (κ2) is 18.7. The van der Waals surface area contributed by atoms with Crippen molar-refractivity contribution < 1.29 is 19.2 Å². The zero-order valence-corrected chi connectivity index (χ0v) is 19.4. The van der Waals surface area contributed by atoms with Crippen LogP contribution in [0.15, 0.2) is 0 Å². The molecule has 29 heavy (non-hydrogen) atoms. The number of esters is 1. The number of unbranched alkanes of at least 4 members (excludes halogenated alkanes) is 13. The van der Waals surface area contributed by atoms with Crippen molar-refractivity contribution in [3.8, 4) is 0 Å². The van der Waals surface area contributed by atoms with Crippen LogP contribution in [0.1, 0.15) is 118 Å². The number of hydrogen-bond donors (Lipinski definition) is 2. The van der Waals surface area contributed by atoms with Gasteiger partial charge in [0.1, 0.15) is 0 Å². The fraction of sp³-hybridized carbons (Fsp3) is 0.913. The lowest BCUT2D eigenvalue weighted by molar-refractivity contribution is -0.141. The molecular formula is C23H46N2O4. The molecule has 0 unspecified atom stereocenters. The maximum atomic E-state index is 11.5. The first-order valence-electron chi connectivity index (χ1n) is 11.7. The molecule has 0 heterocycles. The lowest BCUT2D eigenvalue weighted by atomic mass is 10.0. The van der Waals surface area contributed by atoms with Gasteiger partial charge < -0.3 is 10.1 Å². The maximum absolute atomic E-state index is 11.5. The fourth-order valence-electron chi connectivity index (χ4n) is 3.00. The molecule has 0 spiro atoms. The van der Waals surface area contributed by atoms with Gasteiger partial charge in [0, 0.05) is 13.5 Å².